The van der Waals surface area contributed by atoms with E-state index in [9.17, 15) is 4.79 Å². The van der Waals surface area contributed by atoms with Crippen molar-refractivity contribution in [3.63, 3.8) is 0 Å². The van der Waals surface area contributed by atoms with Gasteiger partial charge >= 0.3 is 0 Å². The zero-order valence-electron chi connectivity index (χ0n) is 9.88. The summed E-state index contributed by atoms with van der Waals surface area (Å²) >= 11 is 0. The third-order valence-corrected chi connectivity index (χ3v) is 5.48. The second kappa shape index (κ2) is 2.85. The summed E-state index contributed by atoms with van der Waals surface area (Å²) < 4.78 is 0. The van der Waals surface area contributed by atoms with Crippen molar-refractivity contribution < 1.29 is 4.79 Å². The molecule has 15 heavy (non-hydrogen) atoms. The van der Waals surface area contributed by atoms with Crippen molar-refractivity contribution in [1.82, 2.24) is 4.90 Å². The third kappa shape index (κ3) is 0.968. The molecule has 2 bridgehead atoms. The fraction of sp³-hybridized carbons (Fsp3) is 0.923. The topological polar surface area (TPSA) is 20.3 Å². The molecular weight excluding hydrogens is 186 g/mol. The molecule has 0 spiro atoms. The molecule has 0 aromatic rings. The van der Waals surface area contributed by atoms with Crippen LogP contribution in [0.2, 0.25) is 0 Å². The summed E-state index contributed by atoms with van der Waals surface area (Å²) in [5, 5.41) is 0. The highest BCUT2D eigenvalue weighted by Gasteiger charge is 2.66. The van der Waals surface area contributed by atoms with Crippen LogP contribution >= 0.6 is 0 Å². The summed E-state index contributed by atoms with van der Waals surface area (Å²) in [6.45, 7) is 6.96. The first kappa shape index (κ1) is 9.83. The van der Waals surface area contributed by atoms with Crippen LogP contribution in [0, 0.1) is 11.3 Å². The van der Waals surface area contributed by atoms with Crippen LogP contribution in [0.3, 0.4) is 0 Å². The molecular formula is C13H21NO. The van der Waals surface area contributed by atoms with E-state index in [0.29, 0.717) is 11.7 Å². The number of likely N-dealkylation sites (tertiary alicyclic amines) is 1. The second-order valence-electron chi connectivity index (χ2n) is 6.14. The van der Waals surface area contributed by atoms with Crippen molar-refractivity contribution in [3.8, 4) is 0 Å². The van der Waals surface area contributed by atoms with Gasteiger partial charge in [-0.25, -0.2) is 0 Å². The molecule has 1 heterocycles. The molecule has 2 nitrogen and oxygen atoms in total. The molecule has 3 rings (SSSR count). The monoisotopic (exact) mass is 207 g/mol. The molecule has 84 valence electrons. The molecule has 0 aromatic heterocycles. The molecule has 0 radical (unpaired) electrons. The van der Waals surface area contributed by atoms with E-state index in [1.165, 1.54) is 19.3 Å². The summed E-state index contributed by atoms with van der Waals surface area (Å²) in [6.07, 6.45) is 5.83. The highest BCUT2D eigenvalue weighted by Crippen LogP contribution is 2.61. The highest BCUT2D eigenvalue weighted by molar-refractivity contribution is 5.93. The van der Waals surface area contributed by atoms with Gasteiger partial charge < -0.3 is 0 Å². The molecule has 1 saturated heterocycles. The van der Waals surface area contributed by atoms with Gasteiger partial charge in [0.2, 0.25) is 0 Å². The summed E-state index contributed by atoms with van der Waals surface area (Å²) in [7, 11) is 0. The summed E-state index contributed by atoms with van der Waals surface area (Å²) in [4.78, 5) is 14.8. The van der Waals surface area contributed by atoms with Gasteiger partial charge in [0, 0.05) is 6.42 Å². The number of ketones is 1. The summed E-state index contributed by atoms with van der Waals surface area (Å²) in [5.74, 6) is 1.20. The second-order valence-corrected chi connectivity index (χ2v) is 6.14. The third-order valence-electron chi connectivity index (χ3n) is 5.48. The number of rotatable bonds is 1. The Hall–Kier alpha value is -0.370. The average molecular weight is 207 g/mol. The summed E-state index contributed by atoms with van der Waals surface area (Å²) in [5.41, 5.74) is 0.169. The molecule has 2 saturated carbocycles. The van der Waals surface area contributed by atoms with Crippen molar-refractivity contribution in [3.05, 3.63) is 0 Å². The Labute approximate surface area is 92.0 Å². The molecule has 0 aromatic carbocycles. The average Bonchev–Trinajstić information content (AvgIpc) is 2.80. The van der Waals surface area contributed by atoms with E-state index in [1.54, 1.807) is 0 Å². The van der Waals surface area contributed by atoms with Crippen molar-refractivity contribution in [2.75, 3.05) is 13.1 Å². The van der Waals surface area contributed by atoms with Gasteiger partial charge in [-0.2, -0.15) is 0 Å². The Morgan fingerprint density at radius 2 is 1.93 bits per heavy atom. The fourth-order valence-corrected chi connectivity index (χ4v) is 4.49. The minimum atomic E-state index is -0.0613. The largest absolute Gasteiger partial charge is 0.298 e. The maximum atomic E-state index is 12.3. The lowest BCUT2D eigenvalue weighted by Crippen LogP contribution is -2.56. The van der Waals surface area contributed by atoms with E-state index in [1.807, 2.05) is 0 Å². The predicted molar refractivity (Wildman–Crippen MR) is 59.7 cm³/mol. The Kier molecular flexibility index (Phi) is 1.87. The van der Waals surface area contributed by atoms with Gasteiger partial charge in [-0.3, -0.25) is 9.69 Å². The minimum Gasteiger partial charge on any atom is -0.298 e. The zero-order chi connectivity index (χ0) is 10.7. The molecule has 0 amide bonds. The Morgan fingerprint density at radius 3 is 2.40 bits per heavy atom. The van der Waals surface area contributed by atoms with Gasteiger partial charge in [0.05, 0.1) is 5.54 Å². The number of carbonyl (C=O) groups excluding carboxylic acids is 1. The lowest BCUT2D eigenvalue weighted by Gasteiger charge is -2.44. The van der Waals surface area contributed by atoms with E-state index in [-0.39, 0.29) is 11.0 Å². The van der Waals surface area contributed by atoms with Crippen molar-refractivity contribution >= 4 is 5.78 Å². The van der Waals surface area contributed by atoms with Gasteiger partial charge in [-0.1, -0.05) is 13.8 Å². The van der Waals surface area contributed by atoms with Gasteiger partial charge in [0.1, 0.15) is 0 Å². The Balaban J connectivity index is 2.03. The number of fused-ring (bicyclic) bond motifs is 2. The van der Waals surface area contributed by atoms with E-state index in [2.05, 4.69) is 18.7 Å². The maximum absolute atomic E-state index is 12.3. The van der Waals surface area contributed by atoms with Crippen LogP contribution < -0.4 is 0 Å². The normalized spacial score (nSPS) is 44.1. The minimum absolute atomic E-state index is 0.0613. The van der Waals surface area contributed by atoms with E-state index in [0.717, 1.165) is 25.9 Å². The number of Topliss-reactive ketones (excluding diaryl/α,β-unsaturated/α-hetero) is 1. The van der Waals surface area contributed by atoms with Crippen molar-refractivity contribution in [2.45, 2.75) is 51.5 Å². The van der Waals surface area contributed by atoms with E-state index < -0.39 is 0 Å². The summed E-state index contributed by atoms with van der Waals surface area (Å²) in [6, 6.07) is 0. The molecule has 0 N–H and O–H groups in total. The molecule has 2 aliphatic carbocycles. The van der Waals surface area contributed by atoms with Gasteiger partial charge in [0.15, 0.2) is 5.78 Å². The van der Waals surface area contributed by atoms with Gasteiger partial charge in [-0.15, -0.1) is 0 Å². The smallest absolute Gasteiger partial charge is 0.153 e. The first-order valence-electron chi connectivity index (χ1n) is 6.37. The molecule has 1 aliphatic heterocycles. The first-order chi connectivity index (χ1) is 7.09. The molecule has 2 heteroatoms. The fourth-order valence-electron chi connectivity index (χ4n) is 4.49. The van der Waals surface area contributed by atoms with Gasteiger partial charge in [-0.05, 0) is 50.1 Å². The van der Waals surface area contributed by atoms with Crippen LogP contribution in [0.25, 0.3) is 0 Å². The molecule has 3 fully saturated rings. The first-order valence-corrected chi connectivity index (χ1v) is 6.37. The Bertz CT molecular complexity index is 304. The van der Waals surface area contributed by atoms with Crippen molar-refractivity contribution in [1.29, 1.82) is 0 Å². The lowest BCUT2D eigenvalue weighted by molar-refractivity contribution is -0.131. The Morgan fingerprint density at radius 1 is 1.27 bits per heavy atom. The van der Waals surface area contributed by atoms with E-state index in [4.69, 9.17) is 0 Å². The van der Waals surface area contributed by atoms with Crippen LogP contribution in [-0.2, 0) is 4.79 Å². The van der Waals surface area contributed by atoms with Crippen LogP contribution in [-0.4, -0.2) is 29.3 Å². The number of hydrogen-bond donors (Lipinski definition) is 0. The van der Waals surface area contributed by atoms with Gasteiger partial charge in [0.25, 0.3) is 0 Å². The number of nitrogens with zero attached hydrogens (tertiary/aromatic N) is 1. The predicted octanol–water partition coefficient (Wildman–Crippen LogP) is 2.23. The lowest BCUT2D eigenvalue weighted by atomic mass is 9.75. The molecule has 2 unspecified atom stereocenters. The molecule has 3 aliphatic rings. The maximum Gasteiger partial charge on any atom is 0.153 e. The molecule has 2 atom stereocenters. The van der Waals surface area contributed by atoms with Crippen LogP contribution in [0.15, 0.2) is 0 Å². The van der Waals surface area contributed by atoms with E-state index >= 15 is 0 Å². The van der Waals surface area contributed by atoms with Crippen molar-refractivity contribution in [2.24, 2.45) is 11.3 Å². The number of hydrogen-bond acceptors (Lipinski definition) is 2. The van der Waals surface area contributed by atoms with Crippen LogP contribution in [0.1, 0.15) is 46.0 Å². The highest BCUT2D eigenvalue weighted by atomic mass is 16.1. The number of carbonyl (C=O) groups is 1. The zero-order valence-corrected chi connectivity index (χ0v) is 9.88. The SMILES string of the molecule is CC1(C)C2CCC1(N1CCCC1)C(=O)C2. The van der Waals surface area contributed by atoms with Crippen LogP contribution in [0.5, 0.6) is 0 Å². The quantitative estimate of drug-likeness (QED) is 0.657. The van der Waals surface area contributed by atoms with Crippen LogP contribution in [0.4, 0.5) is 0 Å². The standard InChI is InChI=1S/C13H21NO/c1-12(2)10-5-6-13(12,11(15)9-10)14-7-3-4-8-14/h10H,3-9H2,1-2H3.